The fraction of sp³-hybridized carbons (Fsp3) is 0.364. The average Bonchev–Trinajstić information content (AvgIpc) is 2.18. The molecule has 0 radical (unpaired) electrons. The highest BCUT2D eigenvalue weighted by molar-refractivity contribution is 5.76. The first kappa shape index (κ1) is 11.4. The van der Waals surface area contributed by atoms with Gasteiger partial charge in [0.25, 0.3) is 0 Å². The predicted molar refractivity (Wildman–Crippen MR) is 59.4 cm³/mol. The van der Waals surface area contributed by atoms with Gasteiger partial charge in [-0.1, -0.05) is 13.0 Å². The molecule has 0 aromatic heterocycles. The summed E-state index contributed by atoms with van der Waals surface area (Å²) in [4.78, 5) is 10.8. The predicted octanol–water partition coefficient (Wildman–Crippen LogP) is 1.08. The lowest BCUT2D eigenvalue weighted by Crippen LogP contribution is -2.25. The molecule has 1 atom stereocenters. The first-order valence-corrected chi connectivity index (χ1v) is 4.79. The van der Waals surface area contributed by atoms with Crippen molar-refractivity contribution in [3.8, 4) is 5.75 Å². The van der Waals surface area contributed by atoms with Crippen molar-refractivity contribution in [2.24, 2.45) is 11.7 Å². The Hall–Kier alpha value is -1.71. The maximum Gasteiger partial charge on any atom is 0.223 e. The standard InChI is InChI=1S/C11H16N2O2/c1-7-3-4-9(12)10(5-7)15-6-8(2)11(13)14/h3-5,8H,6,12H2,1-2H3,(H2,13,14). The van der Waals surface area contributed by atoms with Gasteiger partial charge in [0, 0.05) is 0 Å². The molecule has 0 fully saturated rings. The molecular formula is C11H16N2O2. The number of amides is 1. The van der Waals surface area contributed by atoms with Crippen LogP contribution in [0.3, 0.4) is 0 Å². The van der Waals surface area contributed by atoms with E-state index in [4.69, 9.17) is 16.2 Å². The molecule has 4 nitrogen and oxygen atoms in total. The van der Waals surface area contributed by atoms with Crippen molar-refractivity contribution in [3.05, 3.63) is 23.8 Å². The Labute approximate surface area is 89.2 Å². The zero-order chi connectivity index (χ0) is 11.4. The highest BCUT2D eigenvalue weighted by atomic mass is 16.5. The van der Waals surface area contributed by atoms with Gasteiger partial charge in [-0.05, 0) is 24.6 Å². The number of nitrogen functional groups attached to an aromatic ring is 1. The van der Waals surface area contributed by atoms with Gasteiger partial charge in [-0.3, -0.25) is 4.79 Å². The fourth-order valence-electron chi connectivity index (χ4n) is 1.06. The van der Waals surface area contributed by atoms with E-state index in [9.17, 15) is 4.79 Å². The van der Waals surface area contributed by atoms with Crippen molar-refractivity contribution in [2.45, 2.75) is 13.8 Å². The molecule has 4 heteroatoms. The molecule has 1 unspecified atom stereocenters. The van der Waals surface area contributed by atoms with Crippen LogP contribution in [0.5, 0.6) is 5.75 Å². The van der Waals surface area contributed by atoms with E-state index in [2.05, 4.69) is 0 Å². The van der Waals surface area contributed by atoms with Crippen LogP contribution < -0.4 is 16.2 Å². The molecule has 82 valence electrons. The van der Waals surface area contributed by atoms with Crippen LogP contribution in [0.15, 0.2) is 18.2 Å². The lowest BCUT2D eigenvalue weighted by atomic mass is 10.2. The van der Waals surface area contributed by atoms with E-state index in [-0.39, 0.29) is 18.4 Å². The summed E-state index contributed by atoms with van der Waals surface area (Å²) < 4.78 is 5.41. The molecule has 1 rings (SSSR count). The lowest BCUT2D eigenvalue weighted by Gasteiger charge is -2.12. The second-order valence-electron chi connectivity index (χ2n) is 3.66. The van der Waals surface area contributed by atoms with Gasteiger partial charge >= 0.3 is 0 Å². The highest BCUT2D eigenvalue weighted by Crippen LogP contribution is 2.22. The SMILES string of the molecule is Cc1ccc(N)c(OCC(C)C(N)=O)c1. The second-order valence-corrected chi connectivity index (χ2v) is 3.66. The number of primary amides is 1. The summed E-state index contributed by atoms with van der Waals surface area (Å²) in [7, 11) is 0. The Bertz CT molecular complexity index is 364. The summed E-state index contributed by atoms with van der Waals surface area (Å²) in [6.45, 7) is 3.92. The monoisotopic (exact) mass is 208 g/mol. The van der Waals surface area contributed by atoms with Crippen LogP contribution >= 0.6 is 0 Å². The Balaban J connectivity index is 2.65. The maximum atomic E-state index is 10.8. The van der Waals surface area contributed by atoms with Crippen LogP contribution in [0, 0.1) is 12.8 Å². The molecule has 1 aromatic carbocycles. The van der Waals surface area contributed by atoms with Crippen LogP contribution in [0.4, 0.5) is 5.69 Å². The van der Waals surface area contributed by atoms with Gasteiger partial charge < -0.3 is 16.2 Å². The van der Waals surface area contributed by atoms with Gasteiger partial charge in [-0.15, -0.1) is 0 Å². The number of anilines is 1. The zero-order valence-electron chi connectivity index (χ0n) is 8.99. The molecular weight excluding hydrogens is 192 g/mol. The Morgan fingerprint density at radius 3 is 2.80 bits per heavy atom. The summed E-state index contributed by atoms with van der Waals surface area (Å²) in [6, 6.07) is 5.52. The molecule has 0 bridgehead atoms. The van der Waals surface area contributed by atoms with Gasteiger partial charge in [0.05, 0.1) is 18.2 Å². The average molecular weight is 208 g/mol. The normalized spacial score (nSPS) is 12.1. The number of ether oxygens (including phenoxy) is 1. The summed E-state index contributed by atoms with van der Waals surface area (Å²) in [5, 5.41) is 0. The zero-order valence-corrected chi connectivity index (χ0v) is 8.99. The number of aryl methyl sites for hydroxylation is 1. The van der Waals surface area contributed by atoms with E-state index < -0.39 is 0 Å². The third-order valence-corrected chi connectivity index (χ3v) is 2.14. The van der Waals surface area contributed by atoms with Gasteiger partial charge in [-0.2, -0.15) is 0 Å². The van der Waals surface area contributed by atoms with Crippen LogP contribution in [-0.4, -0.2) is 12.5 Å². The number of carbonyl (C=O) groups is 1. The number of carbonyl (C=O) groups excluding carboxylic acids is 1. The van der Waals surface area contributed by atoms with Crippen molar-refractivity contribution in [1.29, 1.82) is 0 Å². The van der Waals surface area contributed by atoms with Gasteiger partial charge in [0.2, 0.25) is 5.91 Å². The minimum Gasteiger partial charge on any atom is -0.491 e. The molecule has 0 spiro atoms. The van der Waals surface area contributed by atoms with Crippen molar-refractivity contribution >= 4 is 11.6 Å². The van der Waals surface area contributed by atoms with Crippen LogP contribution in [-0.2, 0) is 4.79 Å². The molecule has 0 saturated heterocycles. The number of hydrogen-bond acceptors (Lipinski definition) is 3. The first-order chi connectivity index (χ1) is 7.00. The summed E-state index contributed by atoms with van der Waals surface area (Å²) >= 11 is 0. The van der Waals surface area contributed by atoms with Crippen molar-refractivity contribution in [3.63, 3.8) is 0 Å². The molecule has 15 heavy (non-hydrogen) atoms. The first-order valence-electron chi connectivity index (χ1n) is 4.79. The van der Waals surface area contributed by atoms with E-state index >= 15 is 0 Å². The molecule has 0 aliphatic rings. The van der Waals surface area contributed by atoms with E-state index in [0.29, 0.717) is 11.4 Å². The smallest absolute Gasteiger partial charge is 0.223 e. The quantitative estimate of drug-likeness (QED) is 0.727. The highest BCUT2D eigenvalue weighted by Gasteiger charge is 2.10. The van der Waals surface area contributed by atoms with E-state index in [1.54, 1.807) is 13.0 Å². The number of rotatable bonds is 4. The third-order valence-electron chi connectivity index (χ3n) is 2.14. The summed E-state index contributed by atoms with van der Waals surface area (Å²) in [5.74, 6) is -0.0887. The van der Waals surface area contributed by atoms with Crippen LogP contribution in [0.2, 0.25) is 0 Å². The number of nitrogens with two attached hydrogens (primary N) is 2. The Morgan fingerprint density at radius 2 is 2.20 bits per heavy atom. The van der Waals surface area contributed by atoms with E-state index in [1.165, 1.54) is 0 Å². The Kier molecular flexibility index (Phi) is 3.55. The van der Waals surface area contributed by atoms with Gasteiger partial charge in [-0.25, -0.2) is 0 Å². The van der Waals surface area contributed by atoms with Crippen molar-refractivity contribution in [1.82, 2.24) is 0 Å². The summed E-state index contributed by atoms with van der Waals surface area (Å²) in [5.41, 5.74) is 12.5. The lowest BCUT2D eigenvalue weighted by molar-refractivity contribution is -0.122. The molecule has 0 heterocycles. The molecule has 1 amide bonds. The molecule has 1 aromatic rings. The third kappa shape index (κ3) is 3.16. The van der Waals surface area contributed by atoms with Gasteiger partial charge in [0.15, 0.2) is 0 Å². The van der Waals surface area contributed by atoms with E-state index in [0.717, 1.165) is 5.56 Å². The topological polar surface area (TPSA) is 78.3 Å². The maximum absolute atomic E-state index is 10.8. The largest absolute Gasteiger partial charge is 0.491 e. The number of benzene rings is 1. The molecule has 4 N–H and O–H groups in total. The fourth-order valence-corrected chi connectivity index (χ4v) is 1.06. The second kappa shape index (κ2) is 4.68. The van der Waals surface area contributed by atoms with Crippen LogP contribution in [0.25, 0.3) is 0 Å². The number of hydrogen-bond donors (Lipinski definition) is 2. The molecule has 0 aliphatic carbocycles. The van der Waals surface area contributed by atoms with E-state index in [1.807, 2.05) is 19.1 Å². The minimum absolute atomic E-state index is 0.253. The van der Waals surface area contributed by atoms with Gasteiger partial charge in [0.1, 0.15) is 5.75 Å². The van der Waals surface area contributed by atoms with Crippen molar-refractivity contribution in [2.75, 3.05) is 12.3 Å². The van der Waals surface area contributed by atoms with Crippen LogP contribution in [0.1, 0.15) is 12.5 Å². The molecule has 0 aliphatic heterocycles. The Morgan fingerprint density at radius 1 is 1.53 bits per heavy atom. The molecule has 0 saturated carbocycles. The van der Waals surface area contributed by atoms with Crippen molar-refractivity contribution < 1.29 is 9.53 Å². The minimum atomic E-state index is -0.374. The summed E-state index contributed by atoms with van der Waals surface area (Å²) in [6.07, 6.45) is 0.